The molecule has 0 saturated carbocycles. The molecule has 0 aliphatic rings. The Kier molecular flexibility index (Phi) is 6.01. The topological polar surface area (TPSA) is 35.5 Å². The molecule has 1 aromatic carbocycles. The Labute approximate surface area is 107 Å². The van der Waals surface area contributed by atoms with Crippen LogP contribution in [0, 0.1) is 0 Å². The minimum Gasteiger partial charge on any atom is -0.493 e. The molecule has 17 heavy (non-hydrogen) atoms. The first-order valence-electron chi connectivity index (χ1n) is 5.63. The molecule has 0 heterocycles. The van der Waals surface area contributed by atoms with Gasteiger partial charge in [-0.1, -0.05) is 18.5 Å². The van der Waals surface area contributed by atoms with Gasteiger partial charge >= 0.3 is 0 Å². The summed E-state index contributed by atoms with van der Waals surface area (Å²) < 4.78 is 10.4. The molecule has 0 radical (unpaired) electrons. The van der Waals surface area contributed by atoms with E-state index < -0.39 is 0 Å². The second-order valence-electron chi connectivity index (χ2n) is 3.65. The van der Waals surface area contributed by atoms with Gasteiger partial charge in [0.2, 0.25) is 0 Å². The van der Waals surface area contributed by atoms with Gasteiger partial charge in [0.1, 0.15) is 5.75 Å². The molecule has 0 bridgehead atoms. The minimum absolute atomic E-state index is 0.0135. The fourth-order valence-corrected chi connectivity index (χ4v) is 1.56. The van der Waals surface area contributed by atoms with Crippen LogP contribution in [0.3, 0.4) is 0 Å². The smallest absolute Gasteiger partial charge is 0.168 e. The monoisotopic (exact) mass is 256 g/mol. The van der Waals surface area contributed by atoms with E-state index in [-0.39, 0.29) is 5.78 Å². The summed E-state index contributed by atoms with van der Waals surface area (Å²) in [4.78, 5) is 11.9. The SMILES string of the molecule is CCCOc1ccc(Cl)cc1C(=O)CCOC. The molecule has 0 aliphatic heterocycles. The average Bonchev–Trinajstić information content (AvgIpc) is 2.34. The summed E-state index contributed by atoms with van der Waals surface area (Å²) >= 11 is 5.89. The lowest BCUT2D eigenvalue weighted by molar-refractivity contribution is 0.0928. The molecule has 1 aromatic rings. The van der Waals surface area contributed by atoms with Crippen molar-refractivity contribution in [3.05, 3.63) is 28.8 Å². The molecular formula is C13H17ClO3. The van der Waals surface area contributed by atoms with Crippen LogP contribution in [0.25, 0.3) is 0 Å². The Morgan fingerprint density at radius 3 is 2.76 bits per heavy atom. The molecule has 0 saturated heterocycles. The fraction of sp³-hybridized carbons (Fsp3) is 0.462. The molecule has 3 nitrogen and oxygen atoms in total. The van der Waals surface area contributed by atoms with Crippen LogP contribution in [0.1, 0.15) is 30.1 Å². The summed E-state index contributed by atoms with van der Waals surface area (Å²) in [6.45, 7) is 3.01. The van der Waals surface area contributed by atoms with Crippen molar-refractivity contribution >= 4 is 17.4 Å². The van der Waals surface area contributed by atoms with Gasteiger partial charge in [0.05, 0.1) is 18.8 Å². The van der Waals surface area contributed by atoms with E-state index in [9.17, 15) is 4.79 Å². The number of halogens is 1. The molecule has 1 rings (SSSR count). The van der Waals surface area contributed by atoms with E-state index in [1.54, 1.807) is 25.3 Å². The van der Waals surface area contributed by atoms with E-state index >= 15 is 0 Å². The number of hydrogen-bond acceptors (Lipinski definition) is 3. The highest BCUT2D eigenvalue weighted by Crippen LogP contribution is 2.24. The number of ketones is 1. The van der Waals surface area contributed by atoms with Crippen LogP contribution in [0.15, 0.2) is 18.2 Å². The predicted molar refractivity (Wildman–Crippen MR) is 68.1 cm³/mol. The van der Waals surface area contributed by atoms with Gasteiger partial charge in [-0.25, -0.2) is 0 Å². The van der Waals surface area contributed by atoms with Crippen LogP contribution in [0.4, 0.5) is 0 Å². The first-order chi connectivity index (χ1) is 8.19. The van der Waals surface area contributed by atoms with Crippen molar-refractivity contribution in [2.75, 3.05) is 20.3 Å². The van der Waals surface area contributed by atoms with Gasteiger partial charge in [-0.2, -0.15) is 0 Å². The van der Waals surface area contributed by atoms with Gasteiger partial charge in [-0.3, -0.25) is 4.79 Å². The minimum atomic E-state index is -0.0135. The fourth-order valence-electron chi connectivity index (χ4n) is 1.39. The molecule has 0 fully saturated rings. The highest BCUT2D eigenvalue weighted by atomic mass is 35.5. The molecule has 0 aliphatic carbocycles. The van der Waals surface area contributed by atoms with Crippen molar-refractivity contribution in [1.29, 1.82) is 0 Å². The first-order valence-corrected chi connectivity index (χ1v) is 6.01. The van der Waals surface area contributed by atoms with Crippen molar-refractivity contribution in [3.63, 3.8) is 0 Å². The van der Waals surface area contributed by atoms with Crippen molar-refractivity contribution in [2.45, 2.75) is 19.8 Å². The van der Waals surface area contributed by atoms with Crippen LogP contribution in [-0.2, 0) is 4.74 Å². The Balaban J connectivity index is 2.85. The lowest BCUT2D eigenvalue weighted by Crippen LogP contribution is -2.07. The number of benzene rings is 1. The van der Waals surface area contributed by atoms with Gasteiger partial charge in [0, 0.05) is 18.6 Å². The zero-order chi connectivity index (χ0) is 12.7. The summed E-state index contributed by atoms with van der Waals surface area (Å²) in [6, 6.07) is 5.10. The predicted octanol–water partition coefficient (Wildman–Crippen LogP) is 3.35. The number of rotatable bonds is 7. The Morgan fingerprint density at radius 2 is 2.12 bits per heavy atom. The maximum Gasteiger partial charge on any atom is 0.168 e. The van der Waals surface area contributed by atoms with E-state index in [0.717, 1.165) is 6.42 Å². The van der Waals surface area contributed by atoms with E-state index in [1.807, 2.05) is 6.92 Å². The van der Waals surface area contributed by atoms with Gasteiger partial charge in [0.15, 0.2) is 5.78 Å². The van der Waals surface area contributed by atoms with Crippen molar-refractivity contribution in [2.24, 2.45) is 0 Å². The summed E-state index contributed by atoms with van der Waals surface area (Å²) in [5.74, 6) is 0.581. The Morgan fingerprint density at radius 1 is 1.35 bits per heavy atom. The standard InChI is InChI=1S/C13H17ClO3/c1-3-7-17-13-5-4-10(14)9-11(13)12(15)6-8-16-2/h4-5,9H,3,6-8H2,1-2H3. The van der Waals surface area contributed by atoms with Crippen molar-refractivity contribution < 1.29 is 14.3 Å². The van der Waals surface area contributed by atoms with Crippen molar-refractivity contribution in [1.82, 2.24) is 0 Å². The van der Waals surface area contributed by atoms with Crippen molar-refractivity contribution in [3.8, 4) is 5.75 Å². The van der Waals surface area contributed by atoms with Crippen LogP contribution >= 0.6 is 11.6 Å². The second-order valence-corrected chi connectivity index (χ2v) is 4.09. The summed E-state index contributed by atoms with van der Waals surface area (Å²) in [6.07, 6.45) is 1.23. The molecule has 0 aromatic heterocycles. The lowest BCUT2D eigenvalue weighted by Gasteiger charge is -2.10. The number of hydrogen-bond donors (Lipinski definition) is 0. The molecular weight excluding hydrogens is 240 g/mol. The summed E-state index contributed by atoms with van der Waals surface area (Å²) in [7, 11) is 1.57. The van der Waals surface area contributed by atoms with E-state index in [1.165, 1.54) is 0 Å². The maximum atomic E-state index is 11.9. The third-order valence-corrected chi connectivity index (χ3v) is 2.47. The maximum absolute atomic E-state index is 11.9. The molecule has 0 atom stereocenters. The van der Waals surface area contributed by atoms with Gasteiger partial charge in [-0.15, -0.1) is 0 Å². The molecule has 0 N–H and O–H groups in total. The molecule has 0 spiro atoms. The first kappa shape index (κ1) is 14.0. The number of ether oxygens (including phenoxy) is 2. The van der Waals surface area contributed by atoms with Gasteiger partial charge < -0.3 is 9.47 Å². The highest BCUT2D eigenvalue weighted by Gasteiger charge is 2.13. The number of carbonyl (C=O) groups excluding carboxylic acids is 1. The zero-order valence-corrected chi connectivity index (χ0v) is 10.9. The zero-order valence-electron chi connectivity index (χ0n) is 10.2. The van der Waals surface area contributed by atoms with Gasteiger partial charge in [-0.05, 0) is 24.6 Å². The molecule has 94 valence electrons. The van der Waals surface area contributed by atoms with Crippen LogP contribution in [-0.4, -0.2) is 26.1 Å². The number of carbonyl (C=O) groups is 1. The average molecular weight is 257 g/mol. The van der Waals surface area contributed by atoms with Crippen LogP contribution < -0.4 is 4.74 Å². The highest BCUT2D eigenvalue weighted by molar-refractivity contribution is 6.31. The largest absolute Gasteiger partial charge is 0.493 e. The Hall–Kier alpha value is -1.06. The molecule has 0 amide bonds. The van der Waals surface area contributed by atoms with E-state index in [2.05, 4.69) is 0 Å². The third kappa shape index (κ3) is 4.36. The van der Waals surface area contributed by atoms with Crippen LogP contribution in [0.2, 0.25) is 5.02 Å². The molecule has 4 heteroatoms. The summed E-state index contributed by atoms with van der Waals surface area (Å²) in [5, 5.41) is 0.537. The quantitative estimate of drug-likeness (QED) is 0.702. The second kappa shape index (κ2) is 7.30. The number of methoxy groups -OCH3 is 1. The van der Waals surface area contributed by atoms with E-state index in [0.29, 0.717) is 36.0 Å². The Bertz CT molecular complexity index is 377. The number of Topliss-reactive ketones (excluding diaryl/α,β-unsaturated/α-hetero) is 1. The van der Waals surface area contributed by atoms with E-state index in [4.69, 9.17) is 21.1 Å². The molecule has 0 unspecified atom stereocenters. The normalized spacial score (nSPS) is 10.3. The van der Waals surface area contributed by atoms with Crippen LogP contribution in [0.5, 0.6) is 5.75 Å². The summed E-state index contributed by atoms with van der Waals surface area (Å²) in [5.41, 5.74) is 0.531. The van der Waals surface area contributed by atoms with Gasteiger partial charge in [0.25, 0.3) is 0 Å². The lowest BCUT2D eigenvalue weighted by atomic mass is 10.1. The third-order valence-electron chi connectivity index (χ3n) is 2.24.